The number of hydrogen-bond donors (Lipinski definition) is 2. The first-order valence-corrected chi connectivity index (χ1v) is 9.61. The summed E-state index contributed by atoms with van der Waals surface area (Å²) in [6.07, 6.45) is 2.29. The Kier molecular flexibility index (Phi) is 5.58. The van der Waals surface area contributed by atoms with Gasteiger partial charge in [0.2, 0.25) is 0 Å². The molecule has 0 saturated carbocycles. The molecule has 1 amide bonds. The van der Waals surface area contributed by atoms with Crippen molar-refractivity contribution in [3.05, 3.63) is 108 Å². The summed E-state index contributed by atoms with van der Waals surface area (Å²) < 4.78 is 14.3. The van der Waals surface area contributed by atoms with E-state index >= 15 is 0 Å². The Morgan fingerprint density at radius 1 is 0.839 bits per heavy atom. The third-order valence-corrected chi connectivity index (χ3v) is 4.87. The molecule has 0 spiro atoms. The summed E-state index contributed by atoms with van der Waals surface area (Å²) in [6, 6.07) is 25.1. The fraction of sp³-hybridized carbons (Fsp3) is 0. The van der Waals surface area contributed by atoms with Crippen molar-refractivity contribution in [3.8, 4) is 11.1 Å². The standard InChI is InChI=1S/C26H18FNO3/c27-23-12-10-17(11-13-25(29)30)14-24(23)28-26(31)22-16-20(18-6-2-1-3-7-18)15-19-8-4-5-9-21(19)22/h1-16H,(H,28,31)(H,29,30). The van der Waals surface area contributed by atoms with Crippen LogP contribution in [-0.2, 0) is 4.79 Å². The minimum absolute atomic E-state index is 0.0215. The molecule has 2 N–H and O–H groups in total. The van der Waals surface area contributed by atoms with Crippen molar-refractivity contribution in [2.24, 2.45) is 0 Å². The van der Waals surface area contributed by atoms with Crippen molar-refractivity contribution >= 4 is 34.4 Å². The first kappa shape index (κ1) is 20.0. The van der Waals surface area contributed by atoms with Crippen LogP contribution in [0.1, 0.15) is 15.9 Å². The summed E-state index contributed by atoms with van der Waals surface area (Å²) >= 11 is 0. The zero-order chi connectivity index (χ0) is 21.8. The van der Waals surface area contributed by atoms with Gasteiger partial charge in [-0.25, -0.2) is 9.18 Å². The van der Waals surface area contributed by atoms with E-state index in [2.05, 4.69) is 5.32 Å². The van der Waals surface area contributed by atoms with Gasteiger partial charge in [0, 0.05) is 11.6 Å². The average molecular weight is 411 g/mol. The number of anilines is 1. The second kappa shape index (κ2) is 8.63. The van der Waals surface area contributed by atoms with Gasteiger partial charge in [-0.1, -0.05) is 60.7 Å². The van der Waals surface area contributed by atoms with Crippen molar-refractivity contribution < 1.29 is 19.1 Å². The van der Waals surface area contributed by atoms with E-state index in [1.165, 1.54) is 24.3 Å². The number of carbonyl (C=O) groups excluding carboxylic acids is 1. The van der Waals surface area contributed by atoms with E-state index in [0.717, 1.165) is 28.0 Å². The van der Waals surface area contributed by atoms with Crippen LogP contribution < -0.4 is 5.32 Å². The van der Waals surface area contributed by atoms with Crippen molar-refractivity contribution in [1.29, 1.82) is 0 Å². The Bertz CT molecular complexity index is 1310. The number of carboxylic acids is 1. The number of fused-ring (bicyclic) bond motifs is 1. The van der Waals surface area contributed by atoms with Gasteiger partial charge < -0.3 is 10.4 Å². The number of carbonyl (C=O) groups is 2. The zero-order valence-corrected chi connectivity index (χ0v) is 16.4. The van der Waals surface area contributed by atoms with Gasteiger partial charge in [0.15, 0.2) is 0 Å². The van der Waals surface area contributed by atoms with Gasteiger partial charge in [-0.05, 0) is 57.8 Å². The largest absolute Gasteiger partial charge is 0.478 e. The predicted octanol–water partition coefficient (Wildman–Crippen LogP) is 6.00. The molecule has 4 rings (SSSR count). The highest BCUT2D eigenvalue weighted by Gasteiger charge is 2.15. The van der Waals surface area contributed by atoms with Crippen LogP contribution in [0.15, 0.2) is 91.0 Å². The Morgan fingerprint density at radius 3 is 2.35 bits per heavy atom. The van der Waals surface area contributed by atoms with Crippen LogP contribution in [0.2, 0.25) is 0 Å². The normalized spacial score (nSPS) is 11.0. The first-order chi connectivity index (χ1) is 15.0. The SMILES string of the molecule is O=C(O)C=Cc1ccc(F)c(NC(=O)c2cc(-c3ccccc3)cc3ccccc23)c1. The van der Waals surface area contributed by atoms with E-state index < -0.39 is 17.7 Å². The minimum Gasteiger partial charge on any atom is -0.478 e. The molecule has 0 saturated heterocycles. The van der Waals surface area contributed by atoms with Gasteiger partial charge >= 0.3 is 5.97 Å². The summed E-state index contributed by atoms with van der Waals surface area (Å²) in [5.41, 5.74) is 2.70. The van der Waals surface area contributed by atoms with Crippen LogP contribution in [0.25, 0.3) is 28.0 Å². The lowest BCUT2D eigenvalue weighted by Crippen LogP contribution is -2.14. The van der Waals surface area contributed by atoms with Gasteiger partial charge in [-0.15, -0.1) is 0 Å². The second-order valence-electron chi connectivity index (χ2n) is 6.98. The molecule has 0 heterocycles. The number of carboxylic acid groups (broad SMARTS) is 1. The molecular formula is C26H18FNO3. The van der Waals surface area contributed by atoms with E-state index in [0.29, 0.717) is 11.1 Å². The van der Waals surface area contributed by atoms with Gasteiger partial charge in [0.05, 0.1) is 5.69 Å². The molecular weight excluding hydrogens is 393 g/mol. The van der Waals surface area contributed by atoms with Crippen molar-refractivity contribution in [2.75, 3.05) is 5.32 Å². The maximum Gasteiger partial charge on any atom is 0.328 e. The lowest BCUT2D eigenvalue weighted by molar-refractivity contribution is -0.131. The topological polar surface area (TPSA) is 66.4 Å². The second-order valence-corrected chi connectivity index (χ2v) is 6.98. The van der Waals surface area contributed by atoms with E-state index in [1.807, 2.05) is 60.7 Å². The molecule has 0 bridgehead atoms. The Morgan fingerprint density at radius 2 is 1.58 bits per heavy atom. The smallest absolute Gasteiger partial charge is 0.328 e. The Hall–Kier alpha value is -4.25. The number of halogens is 1. The molecule has 0 aromatic heterocycles. The number of aliphatic carboxylic acids is 1. The van der Waals surface area contributed by atoms with Crippen LogP contribution in [0, 0.1) is 5.82 Å². The highest BCUT2D eigenvalue weighted by atomic mass is 19.1. The molecule has 4 aromatic rings. The summed E-state index contributed by atoms with van der Waals surface area (Å²) in [4.78, 5) is 23.9. The molecule has 31 heavy (non-hydrogen) atoms. The van der Waals surface area contributed by atoms with Crippen LogP contribution in [0.3, 0.4) is 0 Å². The molecule has 0 fully saturated rings. The summed E-state index contributed by atoms with van der Waals surface area (Å²) in [5.74, 6) is -2.17. The number of hydrogen-bond acceptors (Lipinski definition) is 2. The Balaban J connectivity index is 1.74. The average Bonchev–Trinajstić information content (AvgIpc) is 2.79. The third kappa shape index (κ3) is 4.51. The number of rotatable bonds is 5. The number of benzene rings is 4. The maximum atomic E-state index is 14.3. The third-order valence-electron chi connectivity index (χ3n) is 4.87. The molecule has 0 aliphatic carbocycles. The van der Waals surface area contributed by atoms with Crippen LogP contribution in [0.4, 0.5) is 10.1 Å². The molecule has 5 heteroatoms. The molecule has 0 atom stereocenters. The summed E-state index contributed by atoms with van der Waals surface area (Å²) in [7, 11) is 0. The van der Waals surface area contributed by atoms with Crippen LogP contribution in [0.5, 0.6) is 0 Å². The maximum absolute atomic E-state index is 14.3. The lowest BCUT2D eigenvalue weighted by Gasteiger charge is -2.12. The quantitative estimate of drug-likeness (QED) is 0.396. The molecule has 0 radical (unpaired) electrons. The summed E-state index contributed by atoms with van der Waals surface area (Å²) in [5, 5.41) is 13.1. The molecule has 0 unspecified atom stereocenters. The number of amides is 1. The molecule has 4 aromatic carbocycles. The van der Waals surface area contributed by atoms with E-state index in [-0.39, 0.29) is 5.69 Å². The minimum atomic E-state index is -1.11. The molecule has 152 valence electrons. The zero-order valence-electron chi connectivity index (χ0n) is 16.4. The van der Waals surface area contributed by atoms with E-state index in [1.54, 1.807) is 6.07 Å². The highest BCUT2D eigenvalue weighted by Crippen LogP contribution is 2.29. The van der Waals surface area contributed by atoms with E-state index in [4.69, 9.17) is 5.11 Å². The predicted molar refractivity (Wildman–Crippen MR) is 120 cm³/mol. The van der Waals surface area contributed by atoms with Crippen molar-refractivity contribution in [1.82, 2.24) is 0 Å². The van der Waals surface area contributed by atoms with Crippen molar-refractivity contribution in [2.45, 2.75) is 0 Å². The first-order valence-electron chi connectivity index (χ1n) is 9.61. The lowest BCUT2D eigenvalue weighted by atomic mass is 9.96. The van der Waals surface area contributed by atoms with Crippen molar-refractivity contribution in [3.63, 3.8) is 0 Å². The highest BCUT2D eigenvalue weighted by molar-refractivity contribution is 6.14. The monoisotopic (exact) mass is 411 g/mol. The van der Waals surface area contributed by atoms with Gasteiger partial charge in [-0.3, -0.25) is 4.79 Å². The number of nitrogens with one attached hydrogen (secondary N) is 1. The fourth-order valence-corrected chi connectivity index (χ4v) is 3.40. The van der Waals surface area contributed by atoms with E-state index in [9.17, 15) is 14.0 Å². The van der Waals surface area contributed by atoms with Gasteiger partial charge in [0.1, 0.15) is 5.82 Å². The van der Waals surface area contributed by atoms with Gasteiger partial charge in [-0.2, -0.15) is 0 Å². The van der Waals surface area contributed by atoms with Crippen LogP contribution >= 0.6 is 0 Å². The van der Waals surface area contributed by atoms with Crippen LogP contribution in [-0.4, -0.2) is 17.0 Å². The van der Waals surface area contributed by atoms with Gasteiger partial charge in [0.25, 0.3) is 5.91 Å². The summed E-state index contributed by atoms with van der Waals surface area (Å²) in [6.45, 7) is 0. The molecule has 0 aliphatic heterocycles. The molecule has 4 nitrogen and oxygen atoms in total. The fourth-order valence-electron chi connectivity index (χ4n) is 3.40. The molecule has 0 aliphatic rings. The Labute approximate surface area is 178 Å².